The summed E-state index contributed by atoms with van der Waals surface area (Å²) in [6.45, 7) is 0. The molecule has 1 amide bonds. The Morgan fingerprint density at radius 1 is 1.60 bits per heavy atom. The number of nitrogens with two attached hydrogens (primary N) is 1. The number of primary amides is 1. The van der Waals surface area contributed by atoms with Crippen molar-refractivity contribution in [2.75, 3.05) is 0 Å². The van der Waals surface area contributed by atoms with Gasteiger partial charge < -0.3 is 10.2 Å². The largest absolute Gasteiger partial charge is 0.431 e. The molecule has 1 aromatic rings. The molecule has 1 rings (SSSR count). The van der Waals surface area contributed by atoms with Crippen molar-refractivity contribution in [2.45, 2.75) is 0 Å². The second-order valence-corrected chi connectivity index (χ2v) is 1.70. The van der Waals surface area contributed by atoms with Crippen molar-refractivity contribution in [2.24, 2.45) is 5.73 Å². The number of amides is 1. The van der Waals surface area contributed by atoms with Crippen LogP contribution in [-0.4, -0.2) is 5.91 Å². The average Bonchev–Trinajstić information content (AvgIpc) is 1.88. The van der Waals surface area contributed by atoms with E-state index in [1.807, 2.05) is 0 Å². The van der Waals surface area contributed by atoms with Gasteiger partial charge in [0.2, 0.25) is 5.91 Å². The van der Waals surface area contributed by atoms with Gasteiger partial charge in [0.15, 0.2) is 0 Å². The van der Waals surface area contributed by atoms with Crippen LogP contribution in [-0.2, 0) is 0 Å². The SMILES string of the molecule is NC(=O)c1ccoc(=O)c1. The first-order valence-corrected chi connectivity index (χ1v) is 2.59. The van der Waals surface area contributed by atoms with Crippen LogP contribution in [0.3, 0.4) is 0 Å². The molecule has 0 atom stereocenters. The molecule has 4 heteroatoms. The summed E-state index contributed by atoms with van der Waals surface area (Å²) in [5, 5.41) is 0. The molecule has 4 nitrogen and oxygen atoms in total. The van der Waals surface area contributed by atoms with Crippen LogP contribution in [0, 0.1) is 0 Å². The van der Waals surface area contributed by atoms with E-state index in [4.69, 9.17) is 5.73 Å². The van der Waals surface area contributed by atoms with Crippen LogP contribution in [0.2, 0.25) is 0 Å². The summed E-state index contributed by atoms with van der Waals surface area (Å²) < 4.78 is 4.35. The minimum atomic E-state index is -0.632. The highest BCUT2D eigenvalue weighted by molar-refractivity contribution is 5.92. The molecular formula is C6H5NO3. The first kappa shape index (κ1) is 6.54. The van der Waals surface area contributed by atoms with Gasteiger partial charge in [0.1, 0.15) is 0 Å². The van der Waals surface area contributed by atoms with Gasteiger partial charge in [-0.05, 0) is 6.07 Å². The highest BCUT2D eigenvalue weighted by Gasteiger charge is 1.98. The van der Waals surface area contributed by atoms with Crippen LogP contribution < -0.4 is 11.4 Å². The molecule has 1 aromatic heterocycles. The summed E-state index contributed by atoms with van der Waals surface area (Å²) in [5.74, 6) is -0.632. The number of rotatable bonds is 1. The summed E-state index contributed by atoms with van der Waals surface area (Å²) in [5.41, 5.74) is 4.45. The van der Waals surface area contributed by atoms with Crippen molar-refractivity contribution in [1.29, 1.82) is 0 Å². The van der Waals surface area contributed by atoms with Gasteiger partial charge in [0.05, 0.1) is 6.26 Å². The molecule has 0 aromatic carbocycles. The van der Waals surface area contributed by atoms with Crippen LogP contribution in [0.4, 0.5) is 0 Å². The van der Waals surface area contributed by atoms with Crippen molar-refractivity contribution >= 4 is 5.91 Å². The molecule has 0 aliphatic rings. The Hall–Kier alpha value is -1.58. The molecule has 0 aliphatic carbocycles. The van der Waals surface area contributed by atoms with E-state index in [9.17, 15) is 9.59 Å². The molecule has 0 bridgehead atoms. The van der Waals surface area contributed by atoms with Crippen molar-refractivity contribution < 1.29 is 9.21 Å². The summed E-state index contributed by atoms with van der Waals surface area (Å²) in [6, 6.07) is 2.38. The Labute approximate surface area is 56.3 Å². The Kier molecular flexibility index (Phi) is 1.53. The van der Waals surface area contributed by atoms with Gasteiger partial charge in [-0.25, -0.2) is 4.79 Å². The van der Waals surface area contributed by atoms with Crippen LogP contribution in [0.15, 0.2) is 27.6 Å². The third-order valence-electron chi connectivity index (χ3n) is 0.990. The fourth-order valence-electron chi connectivity index (χ4n) is 0.537. The minimum absolute atomic E-state index is 0.163. The summed E-state index contributed by atoms with van der Waals surface area (Å²) in [7, 11) is 0. The van der Waals surface area contributed by atoms with Gasteiger partial charge in [0, 0.05) is 11.6 Å². The molecule has 0 aliphatic heterocycles. The van der Waals surface area contributed by atoms with E-state index < -0.39 is 11.5 Å². The minimum Gasteiger partial charge on any atom is -0.431 e. The van der Waals surface area contributed by atoms with Gasteiger partial charge in [0.25, 0.3) is 0 Å². The van der Waals surface area contributed by atoms with Gasteiger partial charge in [-0.3, -0.25) is 4.79 Å². The molecule has 0 saturated heterocycles. The lowest BCUT2D eigenvalue weighted by molar-refractivity contribution is 0.0999. The standard InChI is InChI=1S/C6H5NO3/c7-6(9)4-1-2-10-5(8)3-4/h1-3H,(H2,7,9). The van der Waals surface area contributed by atoms with E-state index in [1.54, 1.807) is 0 Å². The molecule has 52 valence electrons. The Balaban J connectivity index is 3.20. The lowest BCUT2D eigenvalue weighted by Gasteiger charge is -1.88. The number of hydrogen-bond acceptors (Lipinski definition) is 3. The average molecular weight is 139 g/mol. The second kappa shape index (κ2) is 2.34. The highest BCUT2D eigenvalue weighted by Crippen LogP contribution is 1.90. The van der Waals surface area contributed by atoms with Gasteiger partial charge in [-0.2, -0.15) is 0 Å². The van der Waals surface area contributed by atoms with Crippen molar-refractivity contribution in [3.63, 3.8) is 0 Å². The fraction of sp³-hybridized carbons (Fsp3) is 0. The maximum Gasteiger partial charge on any atom is 0.336 e. The lowest BCUT2D eigenvalue weighted by Crippen LogP contribution is -2.13. The molecule has 0 saturated carbocycles. The molecule has 2 N–H and O–H groups in total. The molecule has 0 spiro atoms. The zero-order valence-corrected chi connectivity index (χ0v) is 5.03. The maximum absolute atomic E-state index is 10.4. The van der Waals surface area contributed by atoms with Crippen molar-refractivity contribution in [3.8, 4) is 0 Å². The predicted molar refractivity (Wildman–Crippen MR) is 33.5 cm³/mol. The summed E-state index contributed by atoms with van der Waals surface area (Å²) >= 11 is 0. The monoisotopic (exact) mass is 139 g/mol. The van der Waals surface area contributed by atoms with Crippen molar-refractivity contribution in [3.05, 3.63) is 34.4 Å². The smallest absolute Gasteiger partial charge is 0.336 e. The Morgan fingerprint density at radius 2 is 2.30 bits per heavy atom. The molecular weight excluding hydrogens is 134 g/mol. The number of carbonyl (C=O) groups is 1. The normalized spacial score (nSPS) is 9.20. The maximum atomic E-state index is 10.4. The number of hydrogen-bond donors (Lipinski definition) is 1. The Morgan fingerprint density at radius 3 is 2.70 bits per heavy atom. The molecule has 1 heterocycles. The third kappa shape index (κ3) is 1.22. The van der Waals surface area contributed by atoms with Gasteiger partial charge in [-0.15, -0.1) is 0 Å². The first-order valence-electron chi connectivity index (χ1n) is 2.59. The zero-order valence-electron chi connectivity index (χ0n) is 5.03. The quantitative estimate of drug-likeness (QED) is 0.582. The van der Waals surface area contributed by atoms with E-state index in [0.29, 0.717) is 0 Å². The summed E-state index contributed by atoms with van der Waals surface area (Å²) in [6.07, 6.45) is 1.13. The molecule has 10 heavy (non-hydrogen) atoms. The second-order valence-electron chi connectivity index (χ2n) is 1.70. The molecule has 0 fully saturated rings. The third-order valence-corrected chi connectivity index (χ3v) is 0.990. The van der Waals surface area contributed by atoms with Crippen LogP contribution >= 0.6 is 0 Å². The van der Waals surface area contributed by atoms with E-state index >= 15 is 0 Å². The lowest BCUT2D eigenvalue weighted by atomic mass is 10.3. The van der Waals surface area contributed by atoms with Gasteiger partial charge >= 0.3 is 5.63 Å². The van der Waals surface area contributed by atoms with Gasteiger partial charge in [-0.1, -0.05) is 0 Å². The molecule has 0 radical (unpaired) electrons. The van der Waals surface area contributed by atoms with E-state index in [1.165, 1.54) is 6.07 Å². The predicted octanol–water partition coefficient (Wildman–Crippen LogP) is -0.261. The van der Waals surface area contributed by atoms with Crippen LogP contribution in [0.25, 0.3) is 0 Å². The summed E-state index contributed by atoms with van der Waals surface area (Å²) in [4.78, 5) is 20.8. The van der Waals surface area contributed by atoms with Crippen LogP contribution in [0.1, 0.15) is 10.4 Å². The van der Waals surface area contributed by atoms with Crippen LogP contribution in [0.5, 0.6) is 0 Å². The Bertz CT molecular complexity index is 302. The van der Waals surface area contributed by atoms with E-state index in [-0.39, 0.29) is 5.56 Å². The first-order chi connectivity index (χ1) is 4.70. The van der Waals surface area contributed by atoms with E-state index in [2.05, 4.69) is 4.42 Å². The van der Waals surface area contributed by atoms with Crippen molar-refractivity contribution in [1.82, 2.24) is 0 Å². The molecule has 0 unspecified atom stereocenters. The zero-order chi connectivity index (χ0) is 7.56. The highest BCUT2D eigenvalue weighted by atomic mass is 16.4. The van der Waals surface area contributed by atoms with E-state index in [0.717, 1.165) is 12.3 Å². The fourth-order valence-corrected chi connectivity index (χ4v) is 0.537. The topological polar surface area (TPSA) is 73.3 Å². The number of carbonyl (C=O) groups excluding carboxylic acids is 1.